The molecule has 0 aromatic heterocycles. The molecule has 0 unspecified atom stereocenters. The predicted molar refractivity (Wildman–Crippen MR) is 76.2 cm³/mol. The van der Waals surface area contributed by atoms with E-state index in [0.717, 1.165) is 5.56 Å². The van der Waals surface area contributed by atoms with Crippen LogP contribution in [0.4, 0.5) is 10.1 Å². The summed E-state index contributed by atoms with van der Waals surface area (Å²) in [4.78, 5) is 10.8. The van der Waals surface area contributed by atoms with Crippen molar-refractivity contribution in [2.24, 2.45) is 0 Å². The SMILES string of the molecule is Nc1cc(C(=O)O)ccc1OCc1ccc(F)c(Br)c1. The first-order chi connectivity index (χ1) is 9.47. The van der Waals surface area contributed by atoms with Crippen molar-refractivity contribution in [2.75, 3.05) is 5.73 Å². The summed E-state index contributed by atoms with van der Waals surface area (Å²) in [5, 5.41) is 8.83. The molecule has 2 rings (SSSR count). The molecule has 0 fully saturated rings. The predicted octanol–water partition coefficient (Wildman–Crippen LogP) is 3.45. The fourth-order valence-corrected chi connectivity index (χ4v) is 2.03. The lowest BCUT2D eigenvalue weighted by atomic mass is 10.2. The average molecular weight is 340 g/mol. The maximum atomic E-state index is 13.1. The standard InChI is InChI=1S/C14H11BrFNO3/c15-10-5-8(1-3-11(10)16)7-20-13-4-2-9(14(18)19)6-12(13)17/h1-6H,7,17H2,(H,18,19). The molecule has 4 nitrogen and oxygen atoms in total. The molecule has 0 aliphatic rings. The lowest BCUT2D eigenvalue weighted by molar-refractivity contribution is 0.0697. The third kappa shape index (κ3) is 3.27. The van der Waals surface area contributed by atoms with E-state index in [1.165, 1.54) is 24.3 Å². The zero-order valence-corrected chi connectivity index (χ0v) is 11.9. The number of ether oxygens (including phenoxy) is 1. The highest BCUT2D eigenvalue weighted by atomic mass is 79.9. The van der Waals surface area contributed by atoms with Gasteiger partial charge < -0.3 is 15.6 Å². The molecule has 0 spiro atoms. The monoisotopic (exact) mass is 339 g/mol. The molecule has 2 aromatic rings. The Kier molecular flexibility index (Phi) is 4.24. The van der Waals surface area contributed by atoms with Gasteiger partial charge in [-0.25, -0.2) is 9.18 Å². The summed E-state index contributed by atoms with van der Waals surface area (Å²) in [5.74, 6) is -1.01. The average Bonchev–Trinajstić information content (AvgIpc) is 2.41. The smallest absolute Gasteiger partial charge is 0.335 e. The molecule has 104 valence electrons. The minimum Gasteiger partial charge on any atom is -0.487 e. The van der Waals surface area contributed by atoms with Gasteiger partial charge in [0.1, 0.15) is 18.2 Å². The Morgan fingerprint density at radius 3 is 2.65 bits per heavy atom. The third-order valence-electron chi connectivity index (χ3n) is 2.64. The number of benzene rings is 2. The van der Waals surface area contributed by atoms with Crippen LogP contribution in [-0.4, -0.2) is 11.1 Å². The molecule has 0 aliphatic carbocycles. The normalized spacial score (nSPS) is 10.3. The first-order valence-electron chi connectivity index (χ1n) is 5.67. The summed E-state index contributed by atoms with van der Waals surface area (Å²) in [6.45, 7) is 0.204. The van der Waals surface area contributed by atoms with Crippen LogP contribution in [0.25, 0.3) is 0 Å². The summed E-state index contributed by atoms with van der Waals surface area (Å²) < 4.78 is 18.9. The third-order valence-corrected chi connectivity index (χ3v) is 3.24. The molecule has 0 heterocycles. The zero-order valence-electron chi connectivity index (χ0n) is 10.3. The van der Waals surface area contributed by atoms with E-state index in [-0.39, 0.29) is 23.7 Å². The molecule has 20 heavy (non-hydrogen) atoms. The van der Waals surface area contributed by atoms with E-state index >= 15 is 0 Å². The van der Waals surface area contributed by atoms with Gasteiger partial charge in [0.05, 0.1) is 15.7 Å². The summed E-state index contributed by atoms with van der Waals surface area (Å²) in [6, 6.07) is 8.78. The highest BCUT2D eigenvalue weighted by Crippen LogP contribution is 2.24. The maximum Gasteiger partial charge on any atom is 0.335 e. The number of nitrogens with two attached hydrogens (primary N) is 1. The highest BCUT2D eigenvalue weighted by molar-refractivity contribution is 9.10. The summed E-state index contributed by atoms with van der Waals surface area (Å²) in [5.41, 5.74) is 6.82. The van der Waals surface area contributed by atoms with Crippen molar-refractivity contribution in [3.05, 3.63) is 57.8 Å². The molecule has 0 amide bonds. The lowest BCUT2D eigenvalue weighted by Crippen LogP contribution is -2.02. The Hall–Kier alpha value is -2.08. The van der Waals surface area contributed by atoms with Crippen LogP contribution < -0.4 is 10.5 Å². The van der Waals surface area contributed by atoms with Crippen molar-refractivity contribution in [3.63, 3.8) is 0 Å². The fraction of sp³-hybridized carbons (Fsp3) is 0.0714. The first kappa shape index (κ1) is 14.3. The van der Waals surface area contributed by atoms with Crippen molar-refractivity contribution < 1.29 is 19.0 Å². The van der Waals surface area contributed by atoms with Gasteiger partial charge in [-0.3, -0.25) is 0 Å². The quantitative estimate of drug-likeness (QED) is 0.837. The van der Waals surface area contributed by atoms with Gasteiger partial charge >= 0.3 is 5.97 Å². The molecule has 6 heteroatoms. The summed E-state index contributed by atoms with van der Waals surface area (Å²) in [7, 11) is 0. The van der Waals surface area contributed by atoms with Crippen LogP contribution in [-0.2, 0) is 6.61 Å². The van der Waals surface area contributed by atoms with Crippen LogP contribution in [0.1, 0.15) is 15.9 Å². The van der Waals surface area contributed by atoms with Crippen molar-refractivity contribution in [2.45, 2.75) is 6.61 Å². The van der Waals surface area contributed by atoms with Crippen LogP contribution in [0.5, 0.6) is 5.75 Å². The minimum atomic E-state index is -1.05. The van der Waals surface area contributed by atoms with E-state index in [0.29, 0.717) is 10.2 Å². The summed E-state index contributed by atoms with van der Waals surface area (Å²) in [6.07, 6.45) is 0. The molecule has 0 radical (unpaired) electrons. The van der Waals surface area contributed by atoms with E-state index < -0.39 is 5.97 Å². The molecule has 0 saturated carbocycles. The zero-order chi connectivity index (χ0) is 14.7. The van der Waals surface area contributed by atoms with E-state index in [1.54, 1.807) is 12.1 Å². The van der Waals surface area contributed by atoms with Gasteiger partial charge in [-0.2, -0.15) is 0 Å². The van der Waals surface area contributed by atoms with Crippen LogP contribution >= 0.6 is 15.9 Å². The first-order valence-corrected chi connectivity index (χ1v) is 6.46. The van der Waals surface area contributed by atoms with E-state index in [9.17, 15) is 9.18 Å². The van der Waals surface area contributed by atoms with Crippen LogP contribution in [0.3, 0.4) is 0 Å². The van der Waals surface area contributed by atoms with Gasteiger partial charge in [-0.05, 0) is 51.8 Å². The molecule has 0 atom stereocenters. The molecule has 0 aliphatic heterocycles. The second-order valence-electron chi connectivity index (χ2n) is 4.09. The van der Waals surface area contributed by atoms with Crippen molar-refractivity contribution in [3.8, 4) is 5.75 Å². The molecular weight excluding hydrogens is 329 g/mol. The van der Waals surface area contributed by atoms with Gasteiger partial charge in [0.15, 0.2) is 0 Å². The topological polar surface area (TPSA) is 72.6 Å². The number of carboxylic acids is 1. The van der Waals surface area contributed by atoms with E-state index in [2.05, 4.69) is 15.9 Å². The molecule has 0 bridgehead atoms. The second-order valence-corrected chi connectivity index (χ2v) is 4.95. The largest absolute Gasteiger partial charge is 0.487 e. The van der Waals surface area contributed by atoms with Crippen LogP contribution in [0.15, 0.2) is 40.9 Å². The number of anilines is 1. The number of rotatable bonds is 4. The molecular formula is C14H11BrFNO3. The summed E-state index contributed by atoms with van der Waals surface area (Å²) >= 11 is 3.09. The number of hydrogen-bond donors (Lipinski definition) is 2. The van der Waals surface area contributed by atoms with Gasteiger partial charge in [0.2, 0.25) is 0 Å². The molecule has 2 aromatic carbocycles. The Labute approximate surface area is 123 Å². The number of halogens is 2. The number of carbonyl (C=O) groups is 1. The van der Waals surface area contributed by atoms with Gasteiger partial charge in [-0.1, -0.05) is 6.07 Å². The van der Waals surface area contributed by atoms with Gasteiger partial charge in [0.25, 0.3) is 0 Å². The number of carboxylic acid groups (broad SMARTS) is 1. The van der Waals surface area contributed by atoms with Crippen molar-refractivity contribution in [1.82, 2.24) is 0 Å². The fourth-order valence-electron chi connectivity index (χ4n) is 1.60. The number of aromatic carboxylic acids is 1. The van der Waals surface area contributed by atoms with E-state index in [1.807, 2.05) is 0 Å². The van der Waals surface area contributed by atoms with E-state index in [4.69, 9.17) is 15.6 Å². The van der Waals surface area contributed by atoms with Crippen molar-refractivity contribution in [1.29, 1.82) is 0 Å². The Morgan fingerprint density at radius 1 is 1.30 bits per heavy atom. The molecule has 0 saturated heterocycles. The highest BCUT2D eigenvalue weighted by Gasteiger charge is 2.08. The minimum absolute atomic E-state index is 0.0966. The number of hydrogen-bond acceptors (Lipinski definition) is 3. The number of nitrogen functional groups attached to an aromatic ring is 1. The Balaban J connectivity index is 2.10. The van der Waals surface area contributed by atoms with Gasteiger partial charge in [-0.15, -0.1) is 0 Å². The maximum absolute atomic E-state index is 13.1. The van der Waals surface area contributed by atoms with Crippen molar-refractivity contribution >= 4 is 27.6 Å². The lowest BCUT2D eigenvalue weighted by Gasteiger charge is -2.10. The molecule has 3 N–H and O–H groups in total. The second kappa shape index (κ2) is 5.92. The van der Waals surface area contributed by atoms with Crippen LogP contribution in [0.2, 0.25) is 0 Å². The Morgan fingerprint density at radius 2 is 2.05 bits per heavy atom. The Bertz CT molecular complexity index is 661. The van der Waals surface area contributed by atoms with Gasteiger partial charge in [0, 0.05) is 0 Å². The van der Waals surface area contributed by atoms with Crippen LogP contribution in [0, 0.1) is 5.82 Å².